The zero-order valence-electron chi connectivity index (χ0n) is 10.8. The number of fused-ring (bicyclic) bond motifs is 2. The summed E-state index contributed by atoms with van der Waals surface area (Å²) in [5, 5.41) is 5.24. The van der Waals surface area contributed by atoms with Crippen molar-refractivity contribution in [2.45, 2.75) is 22.8 Å². The molecule has 3 rings (SSSR count). The third kappa shape index (κ3) is 2.60. The van der Waals surface area contributed by atoms with Crippen molar-refractivity contribution >= 4 is 45.9 Å². The standard InChI is InChI=1S/C17H16S2/c1-2-17(18)19-16-9-5-8-14-10-12-6-3-4-7-13(12)11-15(14)16/h3-11,17-18H,2H2,1H3. The maximum Gasteiger partial charge on any atom is 0.0517 e. The van der Waals surface area contributed by atoms with Crippen LogP contribution in [0.2, 0.25) is 0 Å². The Kier molecular flexibility index (Phi) is 3.72. The summed E-state index contributed by atoms with van der Waals surface area (Å²) < 4.78 is 0.358. The summed E-state index contributed by atoms with van der Waals surface area (Å²) in [5.41, 5.74) is 0. The Morgan fingerprint density at radius 2 is 1.63 bits per heavy atom. The van der Waals surface area contributed by atoms with Crippen LogP contribution >= 0.6 is 24.4 Å². The molecule has 0 aliphatic carbocycles. The van der Waals surface area contributed by atoms with E-state index >= 15 is 0 Å². The molecule has 0 saturated carbocycles. The van der Waals surface area contributed by atoms with Gasteiger partial charge < -0.3 is 0 Å². The highest BCUT2D eigenvalue weighted by Crippen LogP contribution is 2.35. The molecule has 0 aromatic heterocycles. The van der Waals surface area contributed by atoms with Gasteiger partial charge in [-0.2, -0.15) is 12.6 Å². The van der Waals surface area contributed by atoms with Gasteiger partial charge in [-0.1, -0.05) is 43.3 Å². The Bertz CT molecular complexity index is 719. The Labute approximate surface area is 123 Å². The summed E-state index contributed by atoms with van der Waals surface area (Å²) in [6.07, 6.45) is 1.07. The van der Waals surface area contributed by atoms with Crippen LogP contribution in [0.3, 0.4) is 0 Å². The van der Waals surface area contributed by atoms with Crippen molar-refractivity contribution in [2.75, 3.05) is 0 Å². The quantitative estimate of drug-likeness (QED) is 0.276. The van der Waals surface area contributed by atoms with Crippen molar-refractivity contribution < 1.29 is 0 Å². The Hall–Kier alpha value is -1.12. The molecule has 0 radical (unpaired) electrons. The van der Waals surface area contributed by atoms with E-state index in [1.807, 2.05) is 11.8 Å². The molecular formula is C17H16S2. The lowest BCUT2D eigenvalue weighted by molar-refractivity contribution is 1.06. The van der Waals surface area contributed by atoms with Gasteiger partial charge in [0.05, 0.1) is 4.58 Å². The predicted octanol–water partition coefficient (Wildman–Crippen LogP) is 5.75. The third-order valence-corrected chi connectivity index (χ3v) is 5.22. The second-order valence-electron chi connectivity index (χ2n) is 4.66. The van der Waals surface area contributed by atoms with E-state index in [-0.39, 0.29) is 0 Å². The molecule has 0 nitrogen and oxygen atoms in total. The first-order chi connectivity index (χ1) is 9.28. The molecule has 2 heteroatoms. The predicted molar refractivity (Wildman–Crippen MR) is 90.4 cm³/mol. The van der Waals surface area contributed by atoms with Crippen molar-refractivity contribution in [2.24, 2.45) is 0 Å². The monoisotopic (exact) mass is 284 g/mol. The Morgan fingerprint density at radius 3 is 2.37 bits per heavy atom. The number of benzene rings is 3. The second-order valence-corrected chi connectivity index (χ2v) is 6.87. The number of rotatable bonds is 3. The first-order valence-corrected chi connectivity index (χ1v) is 7.94. The molecule has 3 aromatic rings. The van der Waals surface area contributed by atoms with Gasteiger partial charge in [0.25, 0.3) is 0 Å². The first kappa shape index (κ1) is 12.9. The Balaban J connectivity index is 2.20. The van der Waals surface area contributed by atoms with E-state index in [2.05, 4.69) is 74.1 Å². The number of hydrogen-bond acceptors (Lipinski definition) is 2. The summed E-state index contributed by atoms with van der Waals surface area (Å²) in [6, 6.07) is 19.6. The topological polar surface area (TPSA) is 0 Å². The fraction of sp³-hybridized carbons (Fsp3) is 0.176. The highest BCUT2D eigenvalue weighted by atomic mass is 32.2. The molecule has 0 fully saturated rings. The van der Waals surface area contributed by atoms with Gasteiger partial charge in [0.2, 0.25) is 0 Å². The van der Waals surface area contributed by atoms with Gasteiger partial charge in [0.1, 0.15) is 0 Å². The van der Waals surface area contributed by atoms with Crippen LogP contribution in [0.5, 0.6) is 0 Å². The molecule has 3 aromatic carbocycles. The molecule has 0 bridgehead atoms. The van der Waals surface area contributed by atoms with E-state index in [4.69, 9.17) is 0 Å². The molecule has 96 valence electrons. The molecule has 0 heterocycles. The molecule has 0 saturated heterocycles. The van der Waals surface area contributed by atoms with Crippen molar-refractivity contribution in [3.05, 3.63) is 54.6 Å². The van der Waals surface area contributed by atoms with Gasteiger partial charge >= 0.3 is 0 Å². The van der Waals surface area contributed by atoms with Gasteiger partial charge in [-0.15, -0.1) is 11.8 Å². The first-order valence-electron chi connectivity index (χ1n) is 6.54. The molecule has 0 spiro atoms. The summed E-state index contributed by atoms with van der Waals surface area (Å²) in [7, 11) is 0. The lowest BCUT2D eigenvalue weighted by Crippen LogP contribution is -1.89. The van der Waals surface area contributed by atoms with Gasteiger partial charge in [0, 0.05) is 4.90 Å². The average molecular weight is 284 g/mol. The van der Waals surface area contributed by atoms with Crippen LogP contribution < -0.4 is 0 Å². The van der Waals surface area contributed by atoms with E-state index in [1.165, 1.54) is 26.4 Å². The summed E-state index contributed by atoms with van der Waals surface area (Å²) in [4.78, 5) is 1.32. The number of thiol groups is 1. The van der Waals surface area contributed by atoms with Crippen molar-refractivity contribution in [1.82, 2.24) is 0 Å². The van der Waals surface area contributed by atoms with Gasteiger partial charge in [0.15, 0.2) is 0 Å². The summed E-state index contributed by atoms with van der Waals surface area (Å²) >= 11 is 6.45. The van der Waals surface area contributed by atoms with Crippen molar-refractivity contribution in [3.63, 3.8) is 0 Å². The molecule has 0 aliphatic heterocycles. The third-order valence-electron chi connectivity index (χ3n) is 3.32. The van der Waals surface area contributed by atoms with Crippen LogP contribution in [0.25, 0.3) is 21.5 Å². The maximum absolute atomic E-state index is 4.60. The van der Waals surface area contributed by atoms with Crippen LogP contribution in [0.15, 0.2) is 59.5 Å². The average Bonchev–Trinajstić information content (AvgIpc) is 2.45. The number of hydrogen-bond donors (Lipinski definition) is 1. The lowest BCUT2D eigenvalue weighted by Gasteiger charge is -2.11. The van der Waals surface area contributed by atoms with E-state index in [0.717, 1.165) is 6.42 Å². The molecule has 0 aliphatic rings. The summed E-state index contributed by atoms with van der Waals surface area (Å²) in [5.74, 6) is 0. The van der Waals surface area contributed by atoms with Crippen molar-refractivity contribution in [1.29, 1.82) is 0 Å². The minimum absolute atomic E-state index is 0.358. The highest BCUT2D eigenvalue weighted by Gasteiger charge is 2.07. The highest BCUT2D eigenvalue weighted by molar-refractivity contribution is 8.10. The van der Waals surface area contributed by atoms with E-state index in [9.17, 15) is 0 Å². The molecular weight excluding hydrogens is 268 g/mol. The minimum Gasteiger partial charge on any atom is -0.165 e. The normalized spacial score (nSPS) is 12.9. The SMILES string of the molecule is CCC(S)Sc1cccc2cc3ccccc3cc12. The van der Waals surface area contributed by atoms with Crippen LogP contribution in [0.4, 0.5) is 0 Å². The molecule has 0 amide bonds. The fourth-order valence-electron chi connectivity index (χ4n) is 2.27. The van der Waals surface area contributed by atoms with E-state index in [0.29, 0.717) is 4.58 Å². The Morgan fingerprint density at radius 1 is 0.947 bits per heavy atom. The largest absolute Gasteiger partial charge is 0.165 e. The smallest absolute Gasteiger partial charge is 0.0517 e. The van der Waals surface area contributed by atoms with E-state index in [1.54, 1.807) is 0 Å². The van der Waals surface area contributed by atoms with Crippen LogP contribution in [-0.4, -0.2) is 4.58 Å². The van der Waals surface area contributed by atoms with E-state index < -0.39 is 0 Å². The zero-order chi connectivity index (χ0) is 13.2. The zero-order valence-corrected chi connectivity index (χ0v) is 12.5. The second kappa shape index (κ2) is 5.48. The van der Waals surface area contributed by atoms with Gasteiger partial charge in [-0.25, -0.2) is 0 Å². The summed E-state index contributed by atoms with van der Waals surface area (Å²) in [6.45, 7) is 2.17. The molecule has 0 N–H and O–H groups in total. The van der Waals surface area contributed by atoms with Gasteiger partial charge in [-0.05, 0) is 46.2 Å². The lowest BCUT2D eigenvalue weighted by atomic mass is 10.0. The molecule has 1 atom stereocenters. The molecule has 19 heavy (non-hydrogen) atoms. The fourth-order valence-corrected chi connectivity index (χ4v) is 3.53. The van der Waals surface area contributed by atoms with Crippen LogP contribution in [0, 0.1) is 0 Å². The van der Waals surface area contributed by atoms with Crippen LogP contribution in [0.1, 0.15) is 13.3 Å². The van der Waals surface area contributed by atoms with Crippen molar-refractivity contribution in [3.8, 4) is 0 Å². The maximum atomic E-state index is 4.60. The van der Waals surface area contributed by atoms with Crippen LogP contribution in [-0.2, 0) is 0 Å². The van der Waals surface area contributed by atoms with Gasteiger partial charge in [-0.3, -0.25) is 0 Å². The molecule has 1 unspecified atom stereocenters. The minimum atomic E-state index is 0.358. The number of thioether (sulfide) groups is 1.